The van der Waals surface area contributed by atoms with Crippen LogP contribution in [-0.2, 0) is 6.54 Å². The Morgan fingerprint density at radius 3 is 2.79 bits per heavy atom. The number of oxime groups is 1. The van der Waals surface area contributed by atoms with Crippen molar-refractivity contribution in [2.75, 3.05) is 13.1 Å². The quantitative estimate of drug-likeness (QED) is 0.600. The van der Waals surface area contributed by atoms with E-state index in [9.17, 15) is 0 Å². The molecular formula is C10H14N2OS. The lowest BCUT2D eigenvalue weighted by atomic mass is 10.1. The van der Waals surface area contributed by atoms with E-state index in [0.29, 0.717) is 0 Å². The predicted molar refractivity (Wildman–Crippen MR) is 58.1 cm³/mol. The van der Waals surface area contributed by atoms with Gasteiger partial charge >= 0.3 is 0 Å². The van der Waals surface area contributed by atoms with Gasteiger partial charge in [-0.05, 0) is 22.4 Å². The highest BCUT2D eigenvalue weighted by atomic mass is 32.1. The maximum atomic E-state index is 8.61. The van der Waals surface area contributed by atoms with Gasteiger partial charge in [-0.15, -0.1) is 0 Å². The van der Waals surface area contributed by atoms with Gasteiger partial charge in [0, 0.05) is 32.5 Å². The molecule has 2 rings (SSSR count). The molecule has 1 saturated heterocycles. The van der Waals surface area contributed by atoms with Gasteiger partial charge in [-0.3, -0.25) is 4.90 Å². The SMILES string of the molecule is ON=C1CCN(Cc2ccsc2)CC1. The molecule has 3 nitrogen and oxygen atoms in total. The summed E-state index contributed by atoms with van der Waals surface area (Å²) in [5.41, 5.74) is 2.32. The highest BCUT2D eigenvalue weighted by Crippen LogP contribution is 2.13. The van der Waals surface area contributed by atoms with Crippen molar-refractivity contribution < 1.29 is 5.21 Å². The molecule has 76 valence electrons. The number of hydrogen-bond acceptors (Lipinski definition) is 4. The van der Waals surface area contributed by atoms with Crippen LogP contribution in [0.3, 0.4) is 0 Å². The molecule has 0 aromatic carbocycles. The molecule has 1 aliphatic heterocycles. The zero-order chi connectivity index (χ0) is 9.80. The number of likely N-dealkylation sites (tertiary alicyclic amines) is 1. The lowest BCUT2D eigenvalue weighted by molar-refractivity contribution is 0.256. The molecule has 0 radical (unpaired) electrons. The summed E-state index contributed by atoms with van der Waals surface area (Å²) in [6.07, 6.45) is 1.81. The summed E-state index contributed by atoms with van der Waals surface area (Å²) in [5.74, 6) is 0. The molecule has 0 amide bonds. The van der Waals surface area contributed by atoms with Crippen molar-refractivity contribution in [1.82, 2.24) is 4.90 Å². The van der Waals surface area contributed by atoms with Gasteiger partial charge in [-0.1, -0.05) is 5.16 Å². The third kappa shape index (κ3) is 2.33. The molecule has 0 spiro atoms. The fourth-order valence-corrected chi connectivity index (χ4v) is 2.37. The third-order valence-corrected chi connectivity index (χ3v) is 3.29. The van der Waals surface area contributed by atoms with E-state index in [1.165, 1.54) is 5.56 Å². The summed E-state index contributed by atoms with van der Waals surface area (Å²) in [5, 5.41) is 16.2. The van der Waals surface area contributed by atoms with Crippen LogP contribution in [0, 0.1) is 0 Å². The van der Waals surface area contributed by atoms with Gasteiger partial charge in [0.1, 0.15) is 0 Å². The first-order valence-corrected chi connectivity index (χ1v) is 5.76. The van der Waals surface area contributed by atoms with Crippen LogP contribution in [0.15, 0.2) is 22.0 Å². The van der Waals surface area contributed by atoms with Gasteiger partial charge in [0.15, 0.2) is 0 Å². The normalized spacial score (nSPS) is 18.4. The molecule has 0 bridgehead atoms. The van der Waals surface area contributed by atoms with Crippen LogP contribution in [0.4, 0.5) is 0 Å². The summed E-state index contributed by atoms with van der Waals surface area (Å²) >= 11 is 1.74. The van der Waals surface area contributed by atoms with Crippen LogP contribution in [0.5, 0.6) is 0 Å². The fourth-order valence-electron chi connectivity index (χ4n) is 1.71. The molecule has 1 aliphatic rings. The lowest BCUT2D eigenvalue weighted by Crippen LogP contribution is -2.33. The van der Waals surface area contributed by atoms with Crippen LogP contribution in [-0.4, -0.2) is 28.9 Å². The Bertz CT molecular complexity index is 298. The van der Waals surface area contributed by atoms with Crippen LogP contribution >= 0.6 is 11.3 Å². The Hall–Kier alpha value is -0.870. The van der Waals surface area contributed by atoms with Gasteiger partial charge in [-0.2, -0.15) is 11.3 Å². The summed E-state index contributed by atoms with van der Waals surface area (Å²) < 4.78 is 0. The lowest BCUT2D eigenvalue weighted by Gasteiger charge is -2.26. The Labute approximate surface area is 87.7 Å². The Balaban J connectivity index is 1.84. The maximum absolute atomic E-state index is 8.61. The summed E-state index contributed by atoms with van der Waals surface area (Å²) in [7, 11) is 0. The minimum Gasteiger partial charge on any atom is -0.411 e. The van der Waals surface area contributed by atoms with Crippen molar-refractivity contribution in [3.63, 3.8) is 0 Å². The van der Waals surface area contributed by atoms with Crippen molar-refractivity contribution >= 4 is 17.0 Å². The van der Waals surface area contributed by atoms with E-state index in [1.807, 2.05) is 0 Å². The molecule has 0 unspecified atom stereocenters. The minimum absolute atomic E-state index is 0.903. The van der Waals surface area contributed by atoms with Crippen molar-refractivity contribution in [1.29, 1.82) is 0 Å². The minimum atomic E-state index is 0.903. The molecule has 0 saturated carbocycles. The number of thiophene rings is 1. The zero-order valence-corrected chi connectivity index (χ0v) is 8.83. The largest absolute Gasteiger partial charge is 0.411 e. The fraction of sp³-hybridized carbons (Fsp3) is 0.500. The van der Waals surface area contributed by atoms with Crippen molar-refractivity contribution in [2.24, 2.45) is 5.16 Å². The molecule has 1 N–H and O–H groups in total. The van der Waals surface area contributed by atoms with Gasteiger partial charge in [-0.25, -0.2) is 0 Å². The molecule has 14 heavy (non-hydrogen) atoms. The van der Waals surface area contributed by atoms with E-state index in [0.717, 1.165) is 38.2 Å². The number of hydrogen-bond donors (Lipinski definition) is 1. The zero-order valence-electron chi connectivity index (χ0n) is 8.02. The first-order valence-electron chi connectivity index (χ1n) is 4.82. The Kier molecular flexibility index (Phi) is 3.16. The van der Waals surface area contributed by atoms with Crippen molar-refractivity contribution in [2.45, 2.75) is 19.4 Å². The predicted octanol–water partition coefficient (Wildman–Crippen LogP) is 2.17. The van der Waals surface area contributed by atoms with E-state index in [2.05, 4.69) is 26.9 Å². The second-order valence-electron chi connectivity index (χ2n) is 3.57. The molecule has 1 aromatic heterocycles. The van der Waals surface area contributed by atoms with E-state index in [-0.39, 0.29) is 0 Å². The van der Waals surface area contributed by atoms with E-state index >= 15 is 0 Å². The van der Waals surface area contributed by atoms with Gasteiger partial charge in [0.05, 0.1) is 5.71 Å². The second kappa shape index (κ2) is 4.57. The van der Waals surface area contributed by atoms with E-state index in [4.69, 9.17) is 5.21 Å². The molecule has 2 heterocycles. The van der Waals surface area contributed by atoms with Crippen LogP contribution in [0.1, 0.15) is 18.4 Å². The number of piperidine rings is 1. The average molecular weight is 210 g/mol. The molecular weight excluding hydrogens is 196 g/mol. The van der Waals surface area contributed by atoms with E-state index < -0.39 is 0 Å². The standard InChI is InChI=1S/C10H14N2OS/c13-11-10-1-4-12(5-2-10)7-9-3-6-14-8-9/h3,6,8,13H,1-2,4-5,7H2. The summed E-state index contributed by atoms with van der Waals surface area (Å²) in [6, 6.07) is 2.17. The Morgan fingerprint density at radius 1 is 1.43 bits per heavy atom. The molecule has 0 aliphatic carbocycles. The number of nitrogens with zero attached hydrogens (tertiary/aromatic N) is 2. The second-order valence-corrected chi connectivity index (χ2v) is 4.35. The van der Waals surface area contributed by atoms with Crippen LogP contribution < -0.4 is 0 Å². The monoisotopic (exact) mass is 210 g/mol. The third-order valence-electron chi connectivity index (χ3n) is 2.56. The molecule has 1 aromatic rings. The topological polar surface area (TPSA) is 35.8 Å². The smallest absolute Gasteiger partial charge is 0.0596 e. The molecule has 4 heteroatoms. The highest BCUT2D eigenvalue weighted by Gasteiger charge is 2.15. The first kappa shape index (κ1) is 9.68. The van der Waals surface area contributed by atoms with Gasteiger partial charge < -0.3 is 5.21 Å². The molecule has 0 atom stereocenters. The van der Waals surface area contributed by atoms with Gasteiger partial charge in [0.25, 0.3) is 0 Å². The summed E-state index contributed by atoms with van der Waals surface area (Å²) in [6.45, 7) is 3.05. The average Bonchev–Trinajstić information content (AvgIpc) is 2.72. The van der Waals surface area contributed by atoms with E-state index in [1.54, 1.807) is 11.3 Å². The number of rotatable bonds is 2. The van der Waals surface area contributed by atoms with Crippen molar-refractivity contribution in [3.8, 4) is 0 Å². The highest BCUT2D eigenvalue weighted by molar-refractivity contribution is 7.07. The first-order chi connectivity index (χ1) is 6.88. The molecule has 1 fully saturated rings. The van der Waals surface area contributed by atoms with Crippen LogP contribution in [0.2, 0.25) is 0 Å². The van der Waals surface area contributed by atoms with Crippen molar-refractivity contribution in [3.05, 3.63) is 22.4 Å². The van der Waals surface area contributed by atoms with Gasteiger partial charge in [0.2, 0.25) is 0 Å². The maximum Gasteiger partial charge on any atom is 0.0596 e. The Morgan fingerprint density at radius 2 is 2.21 bits per heavy atom. The summed E-state index contributed by atoms with van der Waals surface area (Å²) in [4.78, 5) is 2.40. The van der Waals surface area contributed by atoms with Crippen LogP contribution in [0.25, 0.3) is 0 Å².